The van der Waals surface area contributed by atoms with Crippen molar-refractivity contribution in [3.05, 3.63) is 39.9 Å². The lowest BCUT2D eigenvalue weighted by molar-refractivity contribution is -0.384. The number of hydrogen-bond donors (Lipinski definition) is 1. The Morgan fingerprint density at radius 3 is 2.48 bits per heavy atom. The van der Waals surface area contributed by atoms with Crippen molar-refractivity contribution in [2.24, 2.45) is 5.41 Å². The fourth-order valence-electron chi connectivity index (χ4n) is 2.83. The Bertz CT molecular complexity index is 566. The van der Waals surface area contributed by atoms with Crippen LogP contribution >= 0.6 is 0 Å². The summed E-state index contributed by atoms with van der Waals surface area (Å²) >= 11 is 0. The summed E-state index contributed by atoms with van der Waals surface area (Å²) in [5, 5.41) is 20.0. The second-order valence-electron chi connectivity index (χ2n) is 5.44. The number of benzene rings is 1. The first-order valence-electron chi connectivity index (χ1n) is 6.96. The number of Topliss-reactive ketones (excluding diaryl/α,β-unsaturated/α-hetero) is 1. The third kappa shape index (κ3) is 3.09. The van der Waals surface area contributed by atoms with Crippen molar-refractivity contribution in [3.63, 3.8) is 0 Å². The lowest BCUT2D eigenvalue weighted by atomic mass is 9.69. The van der Waals surface area contributed by atoms with Crippen molar-refractivity contribution in [2.45, 2.75) is 38.5 Å². The molecule has 1 N–H and O–H groups in total. The molecule has 1 atom stereocenters. The van der Waals surface area contributed by atoms with Gasteiger partial charge in [0.2, 0.25) is 0 Å². The predicted octanol–water partition coefficient (Wildman–Crippen LogP) is 2.74. The highest BCUT2D eigenvalue weighted by Crippen LogP contribution is 2.37. The van der Waals surface area contributed by atoms with Crippen molar-refractivity contribution in [1.29, 1.82) is 0 Å². The van der Waals surface area contributed by atoms with E-state index in [9.17, 15) is 24.8 Å². The first-order chi connectivity index (χ1) is 9.95. The van der Waals surface area contributed by atoms with Gasteiger partial charge < -0.3 is 5.11 Å². The number of aliphatic carboxylic acids is 1. The number of nitro groups is 1. The lowest BCUT2D eigenvalue weighted by Crippen LogP contribution is -2.42. The van der Waals surface area contributed by atoms with Crippen LogP contribution in [0.4, 0.5) is 5.69 Å². The molecule has 1 fully saturated rings. The van der Waals surface area contributed by atoms with E-state index in [0.717, 1.165) is 18.4 Å². The van der Waals surface area contributed by atoms with E-state index in [4.69, 9.17) is 0 Å². The molecule has 6 nitrogen and oxygen atoms in total. The normalized spacial score (nSPS) is 22.0. The molecule has 6 heteroatoms. The lowest BCUT2D eigenvalue weighted by Gasteiger charge is -2.31. The molecule has 0 aromatic heterocycles. The van der Waals surface area contributed by atoms with Crippen LogP contribution in [0.3, 0.4) is 0 Å². The number of carbonyl (C=O) groups excluding carboxylic acids is 1. The molecule has 0 saturated heterocycles. The third-order valence-electron chi connectivity index (χ3n) is 4.19. The maximum absolute atomic E-state index is 12.1. The van der Waals surface area contributed by atoms with Crippen LogP contribution < -0.4 is 0 Å². The van der Waals surface area contributed by atoms with Crippen LogP contribution in [0.15, 0.2) is 24.3 Å². The van der Waals surface area contributed by atoms with Crippen LogP contribution in [0.1, 0.15) is 37.7 Å². The second-order valence-corrected chi connectivity index (χ2v) is 5.44. The van der Waals surface area contributed by atoms with Crippen LogP contribution in [0, 0.1) is 15.5 Å². The standard InChI is InChI=1S/C15H17NO5/c17-13-3-1-2-9-15(13,14(18)19)10-8-11-4-6-12(7-5-11)16(20)21/h4-7H,1-3,8-10H2,(H,18,19). The Labute approximate surface area is 121 Å². The number of hydrogen-bond acceptors (Lipinski definition) is 4. The summed E-state index contributed by atoms with van der Waals surface area (Å²) in [6, 6.07) is 6.01. The smallest absolute Gasteiger partial charge is 0.317 e. The van der Waals surface area contributed by atoms with E-state index in [1.165, 1.54) is 12.1 Å². The summed E-state index contributed by atoms with van der Waals surface area (Å²) in [5.41, 5.74) is -0.472. The molecular weight excluding hydrogens is 274 g/mol. The number of non-ortho nitro benzene ring substituents is 1. The molecular formula is C15H17NO5. The molecule has 0 radical (unpaired) electrons. The van der Waals surface area contributed by atoms with Gasteiger partial charge in [-0.15, -0.1) is 0 Å². The number of aryl methyl sites for hydroxylation is 1. The Kier molecular flexibility index (Phi) is 4.35. The van der Waals surface area contributed by atoms with Gasteiger partial charge in [-0.2, -0.15) is 0 Å². The van der Waals surface area contributed by atoms with Crippen LogP contribution in [0.25, 0.3) is 0 Å². The van der Waals surface area contributed by atoms with Gasteiger partial charge in [-0.25, -0.2) is 0 Å². The largest absolute Gasteiger partial charge is 0.480 e. The zero-order valence-electron chi connectivity index (χ0n) is 11.6. The monoisotopic (exact) mass is 291 g/mol. The Morgan fingerprint density at radius 2 is 1.95 bits per heavy atom. The van der Waals surface area contributed by atoms with Gasteiger partial charge in [-0.05, 0) is 31.2 Å². The Morgan fingerprint density at radius 1 is 1.29 bits per heavy atom. The van der Waals surface area contributed by atoms with Crippen molar-refractivity contribution in [2.75, 3.05) is 0 Å². The van der Waals surface area contributed by atoms with E-state index in [1.54, 1.807) is 12.1 Å². The maximum Gasteiger partial charge on any atom is 0.317 e. The highest BCUT2D eigenvalue weighted by molar-refractivity contribution is 6.03. The average molecular weight is 291 g/mol. The topological polar surface area (TPSA) is 97.5 Å². The highest BCUT2D eigenvalue weighted by Gasteiger charge is 2.46. The SMILES string of the molecule is O=C(O)C1(CCc2ccc([N+](=O)[O-])cc2)CCCCC1=O. The first kappa shape index (κ1) is 15.2. The third-order valence-corrected chi connectivity index (χ3v) is 4.19. The molecule has 0 amide bonds. The summed E-state index contributed by atoms with van der Waals surface area (Å²) in [7, 11) is 0. The predicted molar refractivity (Wildman–Crippen MR) is 75.0 cm³/mol. The maximum atomic E-state index is 12.1. The molecule has 1 aromatic carbocycles. The number of carboxylic acids is 1. The fourth-order valence-corrected chi connectivity index (χ4v) is 2.83. The molecule has 2 rings (SSSR count). The molecule has 1 aromatic rings. The molecule has 1 aliphatic carbocycles. The molecule has 0 spiro atoms. The van der Waals surface area contributed by atoms with E-state index in [1.807, 2.05) is 0 Å². The van der Waals surface area contributed by atoms with Crippen molar-refractivity contribution in [1.82, 2.24) is 0 Å². The average Bonchev–Trinajstić information content (AvgIpc) is 2.47. The molecule has 1 aliphatic rings. The van der Waals surface area contributed by atoms with Crippen molar-refractivity contribution >= 4 is 17.4 Å². The van der Waals surface area contributed by atoms with Gasteiger partial charge in [0.15, 0.2) is 0 Å². The van der Waals surface area contributed by atoms with Gasteiger partial charge in [0.1, 0.15) is 11.2 Å². The molecule has 1 saturated carbocycles. The Hall–Kier alpha value is -2.24. The van der Waals surface area contributed by atoms with Crippen molar-refractivity contribution in [3.8, 4) is 0 Å². The molecule has 0 aliphatic heterocycles. The summed E-state index contributed by atoms with van der Waals surface area (Å²) in [6.45, 7) is 0. The number of nitro benzene ring substituents is 1. The Balaban J connectivity index is 2.10. The minimum atomic E-state index is -1.28. The van der Waals surface area contributed by atoms with Crippen LogP contribution in [-0.4, -0.2) is 21.8 Å². The molecule has 112 valence electrons. The zero-order chi connectivity index (χ0) is 15.5. The van der Waals surface area contributed by atoms with Gasteiger partial charge in [0.25, 0.3) is 5.69 Å². The minimum Gasteiger partial charge on any atom is -0.480 e. The van der Waals surface area contributed by atoms with E-state index >= 15 is 0 Å². The molecule has 21 heavy (non-hydrogen) atoms. The van der Waals surface area contributed by atoms with E-state index in [0.29, 0.717) is 19.3 Å². The van der Waals surface area contributed by atoms with Crippen LogP contribution in [-0.2, 0) is 16.0 Å². The van der Waals surface area contributed by atoms with Gasteiger partial charge >= 0.3 is 5.97 Å². The van der Waals surface area contributed by atoms with Gasteiger partial charge in [0, 0.05) is 18.6 Å². The number of ketones is 1. The molecule has 1 unspecified atom stereocenters. The fraction of sp³-hybridized carbons (Fsp3) is 0.467. The highest BCUT2D eigenvalue weighted by atomic mass is 16.6. The van der Waals surface area contributed by atoms with Crippen LogP contribution in [0.2, 0.25) is 0 Å². The number of carbonyl (C=O) groups is 2. The minimum absolute atomic E-state index is 0.000408. The van der Waals surface area contributed by atoms with Gasteiger partial charge in [-0.3, -0.25) is 19.7 Å². The summed E-state index contributed by atoms with van der Waals surface area (Å²) in [6.07, 6.45) is 2.89. The van der Waals surface area contributed by atoms with E-state index < -0.39 is 16.3 Å². The second kappa shape index (κ2) is 6.03. The molecule has 0 bridgehead atoms. The summed E-state index contributed by atoms with van der Waals surface area (Å²) < 4.78 is 0. The van der Waals surface area contributed by atoms with Crippen LogP contribution in [0.5, 0.6) is 0 Å². The molecule has 0 heterocycles. The number of nitrogens with zero attached hydrogens (tertiary/aromatic N) is 1. The van der Waals surface area contributed by atoms with Gasteiger partial charge in [-0.1, -0.05) is 18.6 Å². The summed E-state index contributed by atoms with van der Waals surface area (Å²) in [5.74, 6) is -1.24. The first-order valence-corrected chi connectivity index (χ1v) is 6.96. The van der Waals surface area contributed by atoms with E-state index in [2.05, 4.69) is 0 Å². The zero-order valence-corrected chi connectivity index (χ0v) is 11.6. The number of rotatable bonds is 5. The number of carboxylic acid groups (broad SMARTS) is 1. The summed E-state index contributed by atoms with van der Waals surface area (Å²) in [4.78, 5) is 33.7. The van der Waals surface area contributed by atoms with E-state index in [-0.39, 0.29) is 17.9 Å². The van der Waals surface area contributed by atoms with Gasteiger partial charge in [0.05, 0.1) is 4.92 Å². The van der Waals surface area contributed by atoms with Crippen molar-refractivity contribution < 1.29 is 19.6 Å². The quantitative estimate of drug-likeness (QED) is 0.511.